The first-order valence-corrected chi connectivity index (χ1v) is 6.98. The van der Waals surface area contributed by atoms with Gasteiger partial charge in [0.1, 0.15) is 0 Å². The molecule has 2 aromatic rings. The number of halogens is 2. The molecule has 1 N–H and O–H groups in total. The Morgan fingerprint density at radius 3 is 2.82 bits per heavy atom. The van der Waals surface area contributed by atoms with Crippen LogP contribution < -0.4 is 5.32 Å². The zero-order chi connectivity index (χ0) is 12.3. The Balaban J connectivity index is 2.02. The predicted molar refractivity (Wildman–Crippen MR) is 81.6 cm³/mol. The van der Waals surface area contributed by atoms with Crippen LogP contribution in [-0.2, 0) is 13.1 Å². The van der Waals surface area contributed by atoms with Gasteiger partial charge in [-0.2, -0.15) is 0 Å². The average Bonchev–Trinajstić information content (AvgIpc) is 2.76. The van der Waals surface area contributed by atoms with Crippen molar-refractivity contribution in [3.8, 4) is 0 Å². The van der Waals surface area contributed by atoms with E-state index in [0.29, 0.717) is 0 Å². The molecule has 0 aliphatic heterocycles. The number of anilines is 1. The monoisotopic (exact) mass is 360 g/mol. The Labute approximate surface area is 120 Å². The lowest BCUT2D eigenvalue weighted by atomic mass is 10.3. The van der Waals surface area contributed by atoms with Crippen molar-refractivity contribution >= 4 is 39.9 Å². The molecule has 0 unspecified atom stereocenters. The van der Waals surface area contributed by atoms with Crippen LogP contribution in [0.5, 0.6) is 0 Å². The fourth-order valence-corrected chi connectivity index (χ4v) is 2.54. The summed E-state index contributed by atoms with van der Waals surface area (Å²) < 4.78 is 3.31. The molecule has 0 atom stereocenters. The van der Waals surface area contributed by atoms with Crippen molar-refractivity contribution in [3.63, 3.8) is 0 Å². The van der Waals surface area contributed by atoms with Gasteiger partial charge < -0.3 is 9.88 Å². The number of benzene rings is 1. The second-order valence-corrected chi connectivity index (χ2v) is 5.48. The molecule has 2 rings (SSSR count). The number of aromatic nitrogens is 1. The van der Waals surface area contributed by atoms with E-state index >= 15 is 0 Å². The second kappa shape index (κ2) is 5.78. The molecule has 2 nitrogen and oxygen atoms in total. The number of aryl methyl sites for hydroxylation is 1. The Morgan fingerprint density at radius 2 is 2.18 bits per heavy atom. The van der Waals surface area contributed by atoms with Crippen molar-refractivity contribution in [1.29, 1.82) is 0 Å². The molecule has 4 heteroatoms. The molecule has 0 aliphatic rings. The highest BCUT2D eigenvalue weighted by Gasteiger charge is 2.01. The molecule has 1 heterocycles. The van der Waals surface area contributed by atoms with Crippen molar-refractivity contribution in [2.24, 2.45) is 0 Å². The summed E-state index contributed by atoms with van der Waals surface area (Å²) in [6.07, 6.45) is 4.24. The Morgan fingerprint density at radius 1 is 1.35 bits per heavy atom. The quantitative estimate of drug-likeness (QED) is 0.801. The SMILES string of the molecule is CCn1ccc(CNc2ccc(I)cc2Cl)c1. The van der Waals surface area contributed by atoms with Gasteiger partial charge in [-0.3, -0.25) is 0 Å². The normalized spacial score (nSPS) is 10.5. The molecule has 1 aromatic carbocycles. The van der Waals surface area contributed by atoms with Gasteiger partial charge in [0.25, 0.3) is 0 Å². The molecule has 0 spiro atoms. The van der Waals surface area contributed by atoms with Crippen LogP contribution in [0, 0.1) is 3.57 Å². The van der Waals surface area contributed by atoms with Gasteiger partial charge in [0.15, 0.2) is 0 Å². The predicted octanol–water partition coefficient (Wildman–Crippen LogP) is 4.38. The Kier molecular flexibility index (Phi) is 4.34. The van der Waals surface area contributed by atoms with E-state index in [1.54, 1.807) is 0 Å². The maximum absolute atomic E-state index is 6.16. The third-order valence-corrected chi connectivity index (χ3v) is 3.57. The van der Waals surface area contributed by atoms with Crippen LogP contribution in [0.3, 0.4) is 0 Å². The minimum atomic E-state index is 0.770. The van der Waals surface area contributed by atoms with Crippen LogP contribution in [-0.4, -0.2) is 4.57 Å². The molecule has 0 radical (unpaired) electrons. The fourth-order valence-electron chi connectivity index (χ4n) is 1.62. The number of nitrogens with zero attached hydrogens (tertiary/aromatic N) is 1. The number of rotatable bonds is 4. The lowest BCUT2D eigenvalue weighted by Crippen LogP contribution is -1.99. The van der Waals surface area contributed by atoms with Gasteiger partial charge in [0.2, 0.25) is 0 Å². The number of hydrogen-bond acceptors (Lipinski definition) is 1. The van der Waals surface area contributed by atoms with Crippen LogP contribution in [0.25, 0.3) is 0 Å². The third-order valence-electron chi connectivity index (χ3n) is 2.59. The van der Waals surface area contributed by atoms with Gasteiger partial charge in [-0.25, -0.2) is 0 Å². The molecular formula is C13H14ClIN2. The largest absolute Gasteiger partial charge is 0.380 e. The van der Waals surface area contributed by atoms with Crippen LogP contribution >= 0.6 is 34.2 Å². The second-order valence-electron chi connectivity index (χ2n) is 3.83. The zero-order valence-corrected chi connectivity index (χ0v) is 12.5. The molecule has 0 fully saturated rings. The summed E-state index contributed by atoms with van der Waals surface area (Å²) in [6.45, 7) is 3.94. The molecule has 17 heavy (non-hydrogen) atoms. The lowest BCUT2D eigenvalue weighted by Gasteiger charge is -2.07. The lowest BCUT2D eigenvalue weighted by molar-refractivity contribution is 0.766. The van der Waals surface area contributed by atoms with E-state index in [-0.39, 0.29) is 0 Å². The first-order valence-electron chi connectivity index (χ1n) is 5.52. The van der Waals surface area contributed by atoms with Gasteiger partial charge >= 0.3 is 0 Å². The number of hydrogen-bond donors (Lipinski definition) is 1. The molecule has 0 amide bonds. The summed E-state index contributed by atoms with van der Waals surface area (Å²) in [4.78, 5) is 0. The van der Waals surface area contributed by atoms with Crippen molar-refractivity contribution in [2.75, 3.05) is 5.32 Å². The summed E-state index contributed by atoms with van der Waals surface area (Å²) in [5.41, 5.74) is 2.25. The summed E-state index contributed by atoms with van der Waals surface area (Å²) in [5.74, 6) is 0. The first-order chi connectivity index (χ1) is 8.19. The van der Waals surface area contributed by atoms with Crippen molar-refractivity contribution in [2.45, 2.75) is 20.0 Å². The minimum Gasteiger partial charge on any atom is -0.380 e. The van der Waals surface area contributed by atoms with Crippen molar-refractivity contribution < 1.29 is 0 Å². The van der Waals surface area contributed by atoms with E-state index in [9.17, 15) is 0 Å². The van der Waals surface area contributed by atoms with Gasteiger partial charge in [-0.15, -0.1) is 0 Å². The fraction of sp³-hybridized carbons (Fsp3) is 0.231. The van der Waals surface area contributed by atoms with E-state index in [0.717, 1.165) is 27.4 Å². The Bertz CT molecular complexity index is 508. The Hall–Kier alpha value is -0.680. The highest BCUT2D eigenvalue weighted by molar-refractivity contribution is 14.1. The van der Waals surface area contributed by atoms with Crippen LogP contribution in [0.4, 0.5) is 5.69 Å². The first kappa shape index (κ1) is 12.8. The summed E-state index contributed by atoms with van der Waals surface area (Å²) >= 11 is 8.41. The van der Waals surface area contributed by atoms with Crippen molar-refractivity contribution in [1.82, 2.24) is 4.57 Å². The minimum absolute atomic E-state index is 0.770. The van der Waals surface area contributed by atoms with Gasteiger partial charge in [-0.1, -0.05) is 11.6 Å². The standard InChI is InChI=1S/C13H14ClIN2/c1-2-17-6-5-10(9-17)8-16-13-4-3-11(15)7-12(13)14/h3-7,9,16H,2,8H2,1H3. The average molecular weight is 361 g/mol. The van der Waals surface area contributed by atoms with Crippen LogP contribution in [0.2, 0.25) is 5.02 Å². The maximum atomic E-state index is 6.16. The maximum Gasteiger partial charge on any atom is 0.0648 e. The molecule has 0 bridgehead atoms. The summed E-state index contributed by atoms with van der Waals surface area (Å²) in [5, 5.41) is 4.12. The van der Waals surface area contributed by atoms with E-state index in [1.807, 2.05) is 18.2 Å². The van der Waals surface area contributed by atoms with E-state index in [1.165, 1.54) is 5.56 Å². The van der Waals surface area contributed by atoms with E-state index < -0.39 is 0 Å². The molecule has 90 valence electrons. The van der Waals surface area contributed by atoms with Crippen LogP contribution in [0.1, 0.15) is 12.5 Å². The zero-order valence-electron chi connectivity index (χ0n) is 9.58. The molecule has 1 aromatic heterocycles. The highest BCUT2D eigenvalue weighted by atomic mass is 127. The molecule has 0 saturated heterocycles. The van der Waals surface area contributed by atoms with Gasteiger partial charge in [0, 0.05) is 29.1 Å². The van der Waals surface area contributed by atoms with E-state index in [4.69, 9.17) is 11.6 Å². The number of nitrogens with one attached hydrogen (secondary N) is 1. The molecular weight excluding hydrogens is 347 g/mol. The van der Waals surface area contributed by atoms with Gasteiger partial charge in [-0.05, 0) is 59.3 Å². The van der Waals surface area contributed by atoms with Crippen LogP contribution in [0.15, 0.2) is 36.7 Å². The van der Waals surface area contributed by atoms with E-state index in [2.05, 4.69) is 57.9 Å². The van der Waals surface area contributed by atoms with Gasteiger partial charge in [0.05, 0.1) is 10.7 Å². The summed E-state index contributed by atoms with van der Waals surface area (Å²) in [7, 11) is 0. The smallest absolute Gasteiger partial charge is 0.0648 e. The molecule has 0 aliphatic carbocycles. The molecule has 0 saturated carbocycles. The summed E-state index contributed by atoms with van der Waals surface area (Å²) in [6, 6.07) is 8.14. The third kappa shape index (κ3) is 3.39. The topological polar surface area (TPSA) is 17.0 Å². The highest BCUT2D eigenvalue weighted by Crippen LogP contribution is 2.24. The van der Waals surface area contributed by atoms with Crippen molar-refractivity contribution in [3.05, 3.63) is 50.8 Å².